The lowest BCUT2D eigenvalue weighted by Gasteiger charge is -2.39. The van der Waals surface area contributed by atoms with Gasteiger partial charge in [0.2, 0.25) is 5.91 Å². The van der Waals surface area contributed by atoms with Crippen LogP contribution in [-0.2, 0) is 9.59 Å². The number of carboxylic acid groups (broad SMARTS) is 1. The molecule has 110 valence electrons. The Morgan fingerprint density at radius 3 is 2.37 bits per heavy atom. The summed E-state index contributed by atoms with van der Waals surface area (Å²) in [5.41, 5.74) is 4.90. The van der Waals surface area contributed by atoms with E-state index >= 15 is 0 Å². The van der Waals surface area contributed by atoms with E-state index in [0.717, 1.165) is 6.42 Å². The standard InChI is InChI=1S/C14H26N2O3/c1-3-4-14(13(18)19)5-7-16(8-6-14)12(17)9-11(2)10-15/h11H,3-10,15H2,1-2H3,(H,18,19). The Kier molecular flexibility index (Phi) is 5.79. The Morgan fingerprint density at radius 1 is 1.37 bits per heavy atom. The SMILES string of the molecule is CCCC1(C(=O)O)CCN(C(=O)CC(C)CN)CC1. The van der Waals surface area contributed by atoms with E-state index in [-0.39, 0.29) is 11.8 Å². The number of carbonyl (C=O) groups is 2. The fourth-order valence-corrected chi connectivity index (χ4v) is 2.74. The topological polar surface area (TPSA) is 83.6 Å². The minimum Gasteiger partial charge on any atom is -0.481 e. The van der Waals surface area contributed by atoms with E-state index < -0.39 is 11.4 Å². The Morgan fingerprint density at radius 2 is 1.95 bits per heavy atom. The summed E-state index contributed by atoms with van der Waals surface area (Å²) in [6.07, 6.45) is 3.16. The third-order valence-electron chi connectivity index (χ3n) is 4.18. The summed E-state index contributed by atoms with van der Waals surface area (Å²) in [6.45, 7) is 5.59. The lowest BCUT2D eigenvalue weighted by Crippen LogP contribution is -2.47. The fraction of sp³-hybridized carbons (Fsp3) is 0.857. The molecule has 5 nitrogen and oxygen atoms in total. The van der Waals surface area contributed by atoms with Gasteiger partial charge in [0.25, 0.3) is 0 Å². The van der Waals surface area contributed by atoms with Crippen LogP contribution in [0.1, 0.15) is 46.0 Å². The zero-order chi connectivity index (χ0) is 14.5. The van der Waals surface area contributed by atoms with Gasteiger partial charge in [0.05, 0.1) is 5.41 Å². The molecule has 0 radical (unpaired) electrons. The summed E-state index contributed by atoms with van der Waals surface area (Å²) >= 11 is 0. The summed E-state index contributed by atoms with van der Waals surface area (Å²) in [7, 11) is 0. The first-order chi connectivity index (χ1) is 8.95. The zero-order valence-corrected chi connectivity index (χ0v) is 12.0. The van der Waals surface area contributed by atoms with Crippen molar-refractivity contribution in [3.05, 3.63) is 0 Å². The highest BCUT2D eigenvalue weighted by atomic mass is 16.4. The molecule has 1 saturated heterocycles. The number of piperidine rings is 1. The third-order valence-corrected chi connectivity index (χ3v) is 4.18. The molecule has 1 aliphatic rings. The van der Waals surface area contributed by atoms with Crippen LogP contribution in [0.5, 0.6) is 0 Å². The highest BCUT2D eigenvalue weighted by Gasteiger charge is 2.41. The van der Waals surface area contributed by atoms with Crippen molar-refractivity contribution in [2.45, 2.75) is 46.0 Å². The summed E-state index contributed by atoms with van der Waals surface area (Å²) in [5.74, 6) is -0.417. The molecule has 1 amide bonds. The second kappa shape index (κ2) is 6.89. The summed E-state index contributed by atoms with van der Waals surface area (Å²) in [4.78, 5) is 25.3. The van der Waals surface area contributed by atoms with Gasteiger partial charge in [-0.25, -0.2) is 0 Å². The molecule has 0 saturated carbocycles. The molecule has 0 bridgehead atoms. The molecule has 0 aromatic carbocycles. The number of nitrogens with two attached hydrogens (primary N) is 1. The van der Waals surface area contributed by atoms with E-state index in [1.54, 1.807) is 4.90 Å². The lowest BCUT2D eigenvalue weighted by molar-refractivity contribution is -0.155. The van der Waals surface area contributed by atoms with Crippen molar-refractivity contribution in [1.82, 2.24) is 4.90 Å². The molecule has 1 aliphatic heterocycles. The second-order valence-corrected chi connectivity index (χ2v) is 5.76. The number of carbonyl (C=O) groups excluding carboxylic acids is 1. The van der Waals surface area contributed by atoms with Crippen molar-refractivity contribution in [3.8, 4) is 0 Å². The predicted octanol–water partition coefficient (Wildman–Crippen LogP) is 1.46. The number of nitrogens with zero attached hydrogens (tertiary/aromatic N) is 1. The van der Waals surface area contributed by atoms with Crippen LogP contribution in [0.4, 0.5) is 0 Å². The van der Waals surface area contributed by atoms with Gasteiger partial charge in [-0.2, -0.15) is 0 Å². The van der Waals surface area contributed by atoms with Crippen LogP contribution in [0.15, 0.2) is 0 Å². The zero-order valence-electron chi connectivity index (χ0n) is 12.0. The molecule has 1 unspecified atom stereocenters. The van der Waals surface area contributed by atoms with Gasteiger partial charge in [-0.05, 0) is 31.7 Å². The minimum atomic E-state index is -0.711. The molecule has 1 heterocycles. The molecule has 0 aliphatic carbocycles. The molecular formula is C14H26N2O3. The maximum atomic E-state index is 12.0. The first-order valence-corrected chi connectivity index (χ1v) is 7.16. The van der Waals surface area contributed by atoms with Gasteiger partial charge in [0.15, 0.2) is 0 Å². The maximum absolute atomic E-state index is 12.0. The lowest BCUT2D eigenvalue weighted by atomic mass is 9.75. The Bertz CT molecular complexity index is 323. The molecule has 0 spiro atoms. The van der Waals surface area contributed by atoms with E-state index in [1.165, 1.54) is 0 Å². The third kappa shape index (κ3) is 3.93. The van der Waals surface area contributed by atoms with Crippen LogP contribution in [0, 0.1) is 11.3 Å². The van der Waals surface area contributed by atoms with Crippen LogP contribution in [0.3, 0.4) is 0 Å². The average molecular weight is 270 g/mol. The number of rotatable bonds is 6. The molecule has 1 atom stereocenters. The van der Waals surface area contributed by atoms with E-state index in [4.69, 9.17) is 5.73 Å². The van der Waals surface area contributed by atoms with Gasteiger partial charge >= 0.3 is 5.97 Å². The second-order valence-electron chi connectivity index (χ2n) is 5.76. The van der Waals surface area contributed by atoms with Crippen molar-refractivity contribution >= 4 is 11.9 Å². The molecule has 0 aromatic heterocycles. The van der Waals surface area contributed by atoms with Gasteiger partial charge in [-0.3, -0.25) is 9.59 Å². The number of hydrogen-bond acceptors (Lipinski definition) is 3. The van der Waals surface area contributed by atoms with Crippen LogP contribution in [0.2, 0.25) is 0 Å². The van der Waals surface area contributed by atoms with Gasteiger partial charge in [0.1, 0.15) is 0 Å². The highest BCUT2D eigenvalue weighted by molar-refractivity contribution is 5.78. The summed E-state index contributed by atoms with van der Waals surface area (Å²) in [5, 5.41) is 9.41. The normalized spacial score (nSPS) is 20.1. The smallest absolute Gasteiger partial charge is 0.309 e. The molecular weight excluding hydrogens is 244 g/mol. The molecule has 5 heteroatoms. The van der Waals surface area contributed by atoms with Gasteiger partial charge in [-0.1, -0.05) is 20.3 Å². The molecule has 3 N–H and O–H groups in total. The fourth-order valence-electron chi connectivity index (χ4n) is 2.74. The highest BCUT2D eigenvalue weighted by Crippen LogP contribution is 2.36. The quantitative estimate of drug-likeness (QED) is 0.765. The average Bonchev–Trinajstić information content (AvgIpc) is 2.39. The van der Waals surface area contributed by atoms with Gasteiger partial charge < -0.3 is 15.7 Å². The van der Waals surface area contributed by atoms with Crippen molar-refractivity contribution in [1.29, 1.82) is 0 Å². The molecule has 1 rings (SSSR count). The molecule has 1 fully saturated rings. The number of amides is 1. The van der Waals surface area contributed by atoms with Crippen LogP contribution in [0.25, 0.3) is 0 Å². The van der Waals surface area contributed by atoms with E-state index in [0.29, 0.717) is 45.3 Å². The number of likely N-dealkylation sites (tertiary alicyclic amines) is 1. The van der Waals surface area contributed by atoms with Crippen molar-refractivity contribution < 1.29 is 14.7 Å². The maximum Gasteiger partial charge on any atom is 0.309 e. The van der Waals surface area contributed by atoms with Gasteiger partial charge in [0, 0.05) is 19.5 Å². The number of aliphatic carboxylic acids is 1. The first kappa shape index (κ1) is 16.0. The Labute approximate surface area is 115 Å². The largest absolute Gasteiger partial charge is 0.481 e. The number of carboxylic acids is 1. The van der Waals surface area contributed by atoms with Crippen molar-refractivity contribution in [3.63, 3.8) is 0 Å². The molecule has 19 heavy (non-hydrogen) atoms. The molecule has 0 aromatic rings. The van der Waals surface area contributed by atoms with Gasteiger partial charge in [-0.15, -0.1) is 0 Å². The Balaban J connectivity index is 2.55. The predicted molar refractivity (Wildman–Crippen MR) is 73.6 cm³/mol. The summed E-state index contributed by atoms with van der Waals surface area (Å²) in [6, 6.07) is 0. The minimum absolute atomic E-state index is 0.105. The Hall–Kier alpha value is -1.10. The summed E-state index contributed by atoms with van der Waals surface area (Å²) < 4.78 is 0. The first-order valence-electron chi connectivity index (χ1n) is 7.16. The van der Waals surface area contributed by atoms with Crippen molar-refractivity contribution in [2.75, 3.05) is 19.6 Å². The van der Waals surface area contributed by atoms with Crippen LogP contribution in [-0.4, -0.2) is 41.5 Å². The van der Waals surface area contributed by atoms with Crippen LogP contribution < -0.4 is 5.73 Å². The van der Waals surface area contributed by atoms with Crippen LogP contribution >= 0.6 is 0 Å². The van der Waals surface area contributed by atoms with E-state index in [2.05, 4.69) is 0 Å². The monoisotopic (exact) mass is 270 g/mol. The van der Waals surface area contributed by atoms with E-state index in [9.17, 15) is 14.7 Å². The number of hydrogen-bond donors (Lipinski definition) is 2. The van der Waals surface area contributed by atoms with E-state index in [1.807, 2.05) is 13.8 Å². The van der Waals surface area contributed by atoms with Crippen molar-refractivity contribution in [2.24, 2.45) is 17.1 Å².